The maximum atomic E-state index is 13.4. The molecule has 6 heteroatoms. The van der Waals surface area contributed by atoms with Crippen molar-refractivity contribution in [3.05, 3.63) is 34.9 Å². The average Bonchev–Trinajstić information content (AvgIpc) is 2.55. The fourth-order valence-electron chi connectivity index (χ4n) is 3.09. The van der Waals surface area contributed by atoms with Crippen molar-refractivity contribution in [3.63, 3.8) is 0 Å². The molecule has 1 aliphatic rings. The lowest BCUT2D eigenvalue weighted by Gasteiger charge is -2.38. The Labute approximate surface area is 144 Å². The van der Waals surface area contributed by atoms with Crippen LogP contribution in [0, 0.1) is 0 Å². The highest BCUT2D eigenvalue weighted by Crippen LogP contribution is 2.55. The van der Waals surface area contributed by atoms with Gasteiger partial charge in [-0.15, -0.1) is 0 Å². The van der Waals surface area contributed by atoms with E-state index in [9.17, 15) is 4.57 Å². The second-order valence-electron chi connectivity index (χ2n) is 5.75. The summed E-state index contributed by atoms with van der Waals surface area (Å²) in [7, 11) is -3.22. The zero-order chi connectivity index (χ0) is 16.7. The smallest absolute Gasteiger partial charge is 0.308 e. The molecule has 1 saturated heterocycles. The number of piperidine rings is 1. The molecule has 1 atom stereocenters. The van der Waals surface area contributed by atoms with E-state index in [0.717, 1.165) is 31.5 Å². The first kappa shape index (κ1) is 19.0. The van der Waals surface area contributed by atoms with Crippen molar-refractivity contribution >= 4 is 19.2 Å². The van der Waals surface area contributed by atoms with Crippen LogP contribution in [0.5, 0.6) is 0 Å². The van der Waals surface area contributed by atoms with Gasteiger partial charge in [0.25, 0.3) is 0 Å². The van der Waals surface area contributed by atoms with Crippen LogP contribution in [0.15, 0.2) is 24.3 Å². The van der Waals surface area contributed by atoms with Crippen LogP contribution in [0.25, 0.3) is 0 Å². The van der Waals surface area contributed by atoms with Gasteiger partial charge >= 0.3 is 7.60 Å². The molecule has 4 nitrogen and oxygen atoms in total. The SMILES string of the molecule is CCOP(=O)(OCC)C(Cc1ccccc1Cl)N1CCCCC1. The largest absolute Gasteiger partial charge is 0.347 e. The minimum absolute atomic E-state index is 0.275. The zero-order valence-electron chi connectivity index (χ0n) is 14.0. The molecular formula is C17H27ClNO3P. The summed E-state index contributed by atoms with van der Waals surface area (Å²) in [6.07, 6.45) is 4.05. The monoisotopic (exact) mass is 359 g/mol. The Hall–Kier alpha value is -0.380. The van der Waals surface area contributed by atoms with Gasteiger partial charge in [0, 0.05) is 11.4 Å². The summed E-state index contributed by atoms with van der Waals surface area (Å²) in [5.41, 5.74) is 0.990. The molecule has 0 saturated carbocycles. The molecular weight excluding hydrogens is 333 g/mol. The third-order valence-electron chi connectivity index (χ3n) is 4.16. The average molecular weight is 360 g/mol. The van der Waals surface area contributed by atoms with E-state index in [-0.39, 0.29) is 5.78 Å². The molecule has 0 N–H and O–H groups in total. The van der Waals surface area contributed by atoms with E-state index >= 15 is 0 Å². The molecule has 0 aliphatic carbocycles. The lowest BCUT2D eigenvalue weighted by molar-refractivity contribution is 0.146. The number of hydrogen-bond donors (Lipinski definition) is 0. The molecule has 1 aromatic rings. The highest BCUT2D eigenvalue weighted by atomic mass is 35.5. The minimum Gasteiger partial charge on any atom is -0.308 e. The van der Waals surface area contributed by atoms with Crippen molar-refractivity contribution < 1.29 is 13.6 Å². The minimum atomic E-state index is -3.22. The van der Waals surface area contributed by atoms with Crippen LogP contribution in [0.1, 0.15) is 38.7 Å². The zero-order valence-corrected chi connectivity index (χ0v) is 15.7. The molecule has 2 rings (SSSR count). The summed E-state index contributed by atoms with van der Waals surface area (Å²) in [6, 6.07) is 7.73. The molecule has 23 heavy (non-hydrogen) atoms. The fraction of sp³-hybridized carbons (Fsp3) is 0.647. The second-order valence-corrected chi connectivity index (χ2v) is 8.35. The van der Waals surface area contributed by atoms with Gasteiger partial charge in [0.1, 0.15) is 5.78 Å². The van der Waals surface area contributed by atoms with E-state index in [4.69, 9.17) is 20.6 Å². The number of benzene rings is 1. The number of likely N-dealkylation sites (tertiary alicyclic amines) is 1. The maximum absolute atomic E-state index is 13.4. The Morgan fingerprint density at radius 3 is 2.30 bits per heavy atom. The van der Waals surface area contributed by atoms with Crippen LogP contribution in [-0.2, 0) is 20.0 Å². The summed E-state index contributed by atoms with van der Waals surface area (Å²) in [4.78, 5) is 2.26. The van der Waals surface area contributed by atoms with Crippen molar-refractivity contribution in [1.82, 2.24) is 4.90 Å². The normalized spacial score (nSPS) is 18.0. The Morgan fingerprint density at radius 1 is 1.13 bits per heavy atom. The van der Waals surface area contributed by atoms with Crippen molar-refractivity contribution in [2.45, 2.75) is 45.3 Å². The summed E-state index contributed by atoms with van der Waals surface area (Å²) < 4.78 is 24.7. The Bertz CT molecular complexity index is 524. The standard InChI is InChI=1S/C17H27ClNO3P/c1-3-21-23(20,22-4-2)17(19-12-8-5-9-13-19)14-15-10-6-7-11-16(15)18/h6-7,10-11,17H,3-5,8-9,12-14H2,1-2H3. The molecule has 0 amide bonds. The highest BCUT2D eigenvalue weighted by Gasteiger charge is 2.40. The molecule has 0 radical (unpaired) electrons. The van der Waals surface area contributed by atoms with Crippen LogP contribution in [-0.4, -0.2) is 37.0 Å². The Morgan fingerprint density at radius 2 is 1.74 bits per heavy atom. The van der Waals surface area contributed by atoms with Crippen molar-refractivity contribution in [3.8, 4) is 0 Å². The van der Waals surface area contributed by atoms with E-state index in [1.165, 1.54) is 6.42 Å². The Balaban J connectivity index is 2.30. The first-order valence-electron chi connectivity index (χ1n) is 8.47. The maximum Gasteiger partial charge on any atom is 0.347 e. The van der Waals surface area contributed by atoms with E-state index in [1.807, 2.05) is 38.1 Å². The first-order valence-corrected chi connectivity index (χ1v) is 10.5. The second kappa shape index (κ2) is 9.19. The lowest BCUT2D eigenvalue weighted by Crippen LogP contribution is -2.41. The van der Waals surface area contributed by atoms with Gasteiger partial charge < -0.3 is 9.05 Å². The van der Waals surface area contributed by atoms with Crippen LogP contribution in [0.2, 0.25) is 5.02 Å². The highest BCUT2D eigenvalue weighted by molar-refractivity contribution is 7.54. The van der Waals surface area contributed by atoms with Crippen LogP contribution in [0.4, 0.5) is 0 Å². The predicted octanol–water partition coefficient (Wildman–Crippen LogP) is 4.96. The molecule has 130 valence electrons. The van der Waals surface area contributed by atoms with E-state index in [0.29, 0.717) is 24.7 Å². The summed E-state index contributed by atoms with van der Waals surface area (Å²) in [5.74, 6) is -0.275. The Kier molecular flexibility index (Phi) is 7.58. The van der Waals surface area contributed by atoms with Crippen LogP contribution < -0.4 is 0 Å². The van der Waals surface area contributed by atoms with Gasteiger partial charge in [0.15, 0.2) is 0 Å². The van der Waals surface area contributed by atoms with Crippen molar-refractivity contribution in [1.29, 1.82) is 0 Å². The molecule has 1 unspecified atom stereocenters. The van der Waals surface area contributed by atoms with Crippen LogP contribution in [0.3, 0.4) is 0 Å². The third kappa shape index (κ3) is 5.04. The summed E-state index contributed by atoms with van der Waals surface area (Å²) in [6.45, 7) is 6.33. The van der Waals surface area contributed by atoms with Gasteiger partial charge in [-0.2, -0.15) is 0 Å². The van der Waals surface area contributed by atoms with Gasteiger partial charge in [-0.3, -0.25) is 9.46 Å². The van der Waals surface area contributed by atoms with Gasteiger partial charge in [-0.1, -0.05) is 36.2 Å². The molecule has 1 aromatic carbocycles. The van der Waals surface area contributed by atoms with Gasteiger partial charge in [-0.25, -0.2) is 0 Å². The van der Waals surface area contributed by atoms with Gasteiger partial charge in [0.2, 0.25) is 0 Å². The lowest BCUT2D eigenvalue weighted by atomic mass is 10.1. The third-order valence-corrected chi connectivity index (χ3v) is 7.00. The summed E-state index contributed by atoms with van der Waals surface area (Å²) in [5, 5.41) is 0.703. The van der Waals surface area contributed by atoms with Crippen molar-refractivity contribution in [2.75, 3.05) is 26.3 Å². The fourth-order valence-corrected chi connectivity index (χ4v) is 5.49. The molecule has 1 heterocycles. The van der Waals surface area contributed by atoms with Crippen LogP contribution >= 0.6 is 19.2 Å². The number of rotatable bonds is 8. The van der Waals surface area contributed by atoms with Gasteiger partial charge in [-0.05, 0) is 51.4 Å². The quantitative estimate of drug-likeness (QED) is 0.615. The first-order chi connectivity index (χ1) is 11.1. The molecule has 0 spiro atoms. The number of hydrogen-bond acceptors (Lipinski definition) is 4. The molecule has 1 aliphatic heterocycles. The molecule has 0 aromatic heterocycles. The van der Waals surface area contributed by atoms with E-state index in [2.05, 4.69) is 4.90 Å². The van der Waals surface area contributed by atoms with Gasteiger partial charge in [0.05, 0.1) is 13.2 Å². The predicted molar refractivity (Wildman–Crippen MR) is 95.2 cm³/mol. The topological polar surface area (TPSA) is 38.8 Å². The van der Waals surface area contributed by atoms with Crippen molar-refractivity contribution in [2.24, 2.45) is 0 Å². The molecule has 0 bridgehead atoms. The number of nitrogens with zero attached hydrogens (tertiary/aromatic N) is 1. The van der Waals surface area contributed by atoms with E-state index in [1.54, 1.807) is 0 Å². The summed E-state index contributed by atoms with van der Waals surface area (Å²) >= 11 is 6.32. The number of halogens is 1. The molecule has 1 fully saturated rings. The van der Waals surface area contributed by atoms with E-state index < -0.39 is 7.60 Å².